The SMILES string of the molecule is CNC(CC1CCC(CN)CC1)C(=O)Nc1ccc(COC(C)=O)cc1. The monoisotopic (exact) mass is 361 g/mol. The van der Waals surface area contributed by atoms with Crippen LogP contribution in [0.5, 0.6) is 0 Å². The lowest BCUT2D eigenvalue weighted by Gasteiger charge is -2.30. The summed E-state index contributed by atoms with van der Waals surface area (Å²) in [4.78, 5) is 23.4. The van der Waals surface area contributed by atoms with E-state index in [0.29, 0.717) is 11.8 Å². The number of esters is 1. The molecule has 1 aromatic carbocycles. The van der Waals surface area contributed by atoms with Gasteiger partial charge in [0.2, 0.25) is 5.91 Å². The highest BCUT2D eigenvalue weighted by molar-refractivity contribution is 5.94. The van der Waals surface area contributed by atoms with Crippen LogP contribution in [0.4, 0.5) is 5.69 Å². The van der Waals surface area contributed by atoms with E-state index >= 15 is 0 Å². The molecule has 0 aliphatic heterocycles. The van der Waals surface area contributed by atoms with Crippen LogP contribution in [0.3, 0.4) is 0 Å². The number of rotatable bonds is 8. The van der Waals surface area contributed by atoms with Gasteiger partial charge in [-0.15, -0.1) is 0 Å². The first-order valence-electron chi connectivity index (χ1n) is 9.42. The molecule has 0 heterocycles. The maximum Gasteiger partial charge on any atom is 0.302 e. The van der Waals surface area contributed by atoms with Gasteiger partial charge in [0.05, 0.1) is 6.04 Å². The number of hydrogen-bond donors (Lipinski definition) is 3. The summed E-state index contributed by atoms with van der Waals surface area (Å²) in [5.74, 6) is 0.909. The number of carbonyl (C=O) groups is 2. The van der Waals surface area contributed by atoms with Gasteiger partial charge in [-0.3, -0.25) is 9.59 Å². The van der Waals surface area contributed by atoms with Crippen molar-refractivity contribution in [2.24, 2.45) is 17.6 Å². The molecular weight excluding hydrogens is 330 g/mol. The van der Waals surface area contributed by atoms with Crippen LogP contribution in [0.15, 0.2) is 24.3 Å². The Morgan fingerprint density at radius 2 is 1.77 bits per heavy atom. The summed E-state index contributed by atoms with van der Waals surface area (Å²) >= 11 is 0. The summed E-state index contributed by atoms with van der Waals surface area (Å²) in [5, 5.41) is 6.11. The van der Waals surface area contributed by atoms with Crippen LogP contribution in [-0.2, 0) is 20.9 Å². The van der Waals surface area contributed by atoms with Crippen molar-refractivity contribution in [3.63, 3.8) is 0 Å². The fraction of sp³-hybridized carbons (Fsp3) is 0.600. The molecule has 1 aliphatic carbocycles. The van der Waals surface area contributed by atoms with Crippen LogP contribution >= 0.6 is 0 Å². The molecule has 1 aromatic rings. The van der Waals surface area contributed by atoms with Gasteiger partial charge in [-0.05, 0) is 62.4 Å². The first-order chi connectivity index (χ1) is 12.5. The van der Waals surface area contributed by atoms with E-state index in [1.807, 2.05) is 31.3 Å². The van der Waals surface area contributed by atoms with Crippen molar-refractivity contribution in [3.8, 4) is 0 Å². The van der Waals surface area contributed by atoms with Crippen LogP contribution in [0.2, 0.25) is 0 Å². The number of likely N-dealkylation sites (N-methyl/N-ethyl adjacent to an activating group) is 1. The van der Waals surface area contributed by atoms with Gasteiger partial charge in [-0.2, -0.15) is 0 Å². The summed E-state index contributed by atoms with van der Waals surface area (Å²) in [7, 11) is 1.83. The number of carbonyl (C=O) groups excluding carboxylic acids is 2. The number of nitrogens with one attached hydrogen (secondary N) is 2. The molecule has 1 amide bonds. The Morgan fingerprint density at radius 3 is 2.31 bits per heavy atom. The summed E-state index contributed by atoms with van der Waals surface area (Å²) < 4.78 is 4.96. The predicted molar refractivity (Wildman–Crippen MR) is 103 cm³/mol. The average molecular weight is 361 g/mol. The summed E-state index contributed by atoms with van der Waals surface area (Å²) in [6.07, 6.45) is 5.49. The fourth-order valence-corrected chi connectivity index (χ4v) is 3.49. The molecule has 6 heteroatoms. The molecule has 2 rings (SSSR count). The zero-order chi connectivity index (χ0) is 18.9. The molecule has 4 N–H and O–H groups in total. The van der Waals surface area contributed by atoms with Gasteiger partial charge in [0.1, 0.15) is 6.61 Å². The van der Waals surface area contributed by atoms with Crippen molar-refractivity contribution in [1.29, 1.82) is 0 Å². The van der Waals surface area contributed by atoms with Crippen molar-refractivity contribution in [2.45, 2.75) is 51.7 Å². The zero-order valence-electron chi connectivity index (χ0n) is 15.8. The normalized spacial score (nSPS) is 21.0. The van der Waals surface area contributed by atoms with E-state index in [9.17, 15) is 9.59 Å². The minimum absolute atomic E-state index is 0.0128. The third kappa shape index (κ3) is 6.42. The Kier molecular flexibility index (Phi) is 8.06. The van der Waals surface area contributed by atoms with Crippen LogP contribution < -0.4 is 16.4 Å². The number of hydrogen-bond acceptors (Lipinski definition) is 5. The van der Waals surface area contributed by atoms with Gasteiger partial charge in [-0.1, -0.05) is 25.0 Å². The van der Waals surface area contributed by atoms with E-state index in [1.165, 1.54) is 19.8 Å². The van der Waals surface area contributed by atoms with Gasteiger partial charge >= 0.3 is 5.97 Å². The smallest absolute Gasteiger partial charge is 0.302 e. The van der Waals surface area contributed by atoms with E-state index in [-0.39, 0.29) is 24.5 Å². The molecule has 1 saturated carbocycles. The first kappa shape index (κ1) is 20.4. The predicted octanol–water partition coefficient (Wildman–Crippen LogP) is 2.43. The van der Waals surface area contributed by atoms with Crippen molar-refractivity contribution in [3.05, 3.63) is 29.8 Å². The molecule has 0 aromatic heterocycles. The third-order valence-electron chi connectivity index (χ3n) is 5.20. The topological polar surface area (TPSA) is 93.4 Å². The number of nitrogens with two attached hydrogens (primary N) is 1. The summed E-state index contributed by atoms with van der Waals surface area (Å²) in [6, 6.07) is 7.16. The Morgan fingerprint density at radius 1 is 1.15 bits per heavy atom. The molecule has 6 nitrogen and oxygen atoms in total. The fourth-order valence-electron chi connectivity index (χ4n) is 3.49. The van der Waals surface area contributed by atoms with Gasteiger partial charge < -0.3 is 21.1 Å². The third-order valence-corrected chi connectivity index (χ3v) is 5.20. The largest absolute Gasteiger partial charge is 0.461 e. The van der Waals surface area contributed by atoms with E-state index in [2.05, 4.69) is 10.6 Å². The number of ether oxygens (including phenoxy) is 1. The van der Waals surface area contributed by atoms with Gasteiger partial charge in [-0.25, -0.2) is 0 Å². The second-order valence-electron chi connectivity index (χ2n) is 7.17. The molecular formula is C20H31N3O3. The molecule has 1 fully saturated rings. The van der Waals surface area contributed by atoms with Crippen molar-refractivity contribution in [1.82, 2.24) is 5.32 Å². The number of amides is 1. The van der Waals surface area contributed by atoms with Gasteiger partial charge in [0.15, 0.2) is 0 Å². The van der Waals surface area contributed by atoms with Crippen LogP contribution in [0.25, 0.3) is 0 Å². The molecule has 1 atom stereocenters. The lowest BCUT2D eigenvalue weighted by molar-refractivity contribution is -0.142. The van der Waals surface area contributed by atoms with E-state index in [4.69, 9.17) is 10.5 Å². The second-order valence-corrected chi connectivity index (χ2v) is 7.17. The standard InChI is InChI=1S/C20H31N3O3/c1-14(24)26-13-17-7-9-18(10-8-17)23-20(25)19(22-2)11-15-3-5-16(12-21)6-4-15/h7-10,15-16,19,22H,3-6,11-13,21H2,1-2H3,(H,23,25). The van der Waals surface area contributed by atoms with Crippen molar-refractivity contribution in [2.75, 3.05) is 18.9 Å². The maximum atomic E-state index is 12.6. The summed E-state index contributed by atoms with van der Waals surface area (Å²) in [5.41, 5.74) is 7.39. The Balaban J connectivity index is 1.83. The van der Waals surface area contributed by atoms with Crippen LogP contribution in [-0.4, -0.2) is 31.5 Å². The van der Waals surface area contributed by atoms with Crippen LogP contribution in [0, 0.1) is 11.8 Å². The van der Waals surface area contributed by atoms with Crippen molar-refractivity contribution >= 4 is 17.6 Å². The number of benzene rings is 1. The summed E-state index contributed by atoms with van der Waals surface area (Å²) in [6.45, 7) is 2.40. The maximum absolute atomic E-state index is 12.6. The molecule has 26 heavy (non-hydrogen) atoms. The molecule has 0 radical (unpaired) electrons. The molecule has 144 valence electrons. The Hall–Kier alpha value is -1.92. The van der Waals surface area contributed by atoms with Gasteiger partial charge in [0.25, 0.3) is 0 Å². The minimum atomic E-state index is -0.306. The highest BCUT2D eigenvalue weighted by Gasteiger charge is 2.25. The van der Waals surface area contributed by atoms with Crippen LogP contribution in [0.1, 0.15) is 44.6 Å². The molecule has 0 saturated heterocycles. The molecule has 1 unspecified atom stereocenters. The molecule has 1 aliphatic rings. The zero-order valence-corrected chi connectivity index (χ0v) is 15.8. The first-order valence-corrected chi connectivity index (χ1v) is 9.42. The second kappa shape index (κ2) is 10.3. The number of anilines is 1. The highest BCUT2D eigenvalue weighted by atomic mass is 16.5. The molecule has 0 spiro atoms. The Bertz CT molecular complexity index is 580. The average Bonchev–Trinajstić information content (AvgIpc) is 2.65. The Labute approximate surface area is 155 Å². The lowest BCUT2D eigenvalue weighted by Crippen LogP contribution is -2.40. The van der Waals surface area contributed by atoms with E-state index in [1.54, 1.807) is 0 Å². The minimum Gasteiger partial charge on any atom is -0.461 e. The van der Waals surface area contributed by atoms with E-state index < -0.39 is 0 Å². The van der Waals surface area contributed by atoms with E-state index in [0.717, 1.165) is 37.1 Å². The van der Waals surface area contributed by atoms with Gasteiger partial charge in [0, 0.05) is 12.6 Å². The molecule has 0 bridgehead atoms. The highest BCUT2D eigenvalue weighted by Crippen LogP contribution is 2.31. The quantitative estimate of drug-likeness (QED) is 0.618. The van der Waals surface area contributed by atoms with Crippen molar-refractivity contribution < 1.29 is 14.3 Å². The lowest BCUT2D eigenvalue weighted by atomic mass is 9.79.